The molecule has 1 rings (SSSR count). The van der Waals surface area contributed by atoms with Gasteiger partial charge in [0.05, 0.1) is 0 Å². The molecule has 0 aliphatic carbocycles. The average Bonchev–Trinajstić information content (AvgIpc) is 2.39. The van der Waals surface area contributed by atoms with Crippen LogP contribution in [0.3, 0.4) is 0 Å². The van der Waals surface area contributed by atoms with Crippen molar-refractivity contribution in [1.82, 2.24) is 4.90 Å². The molecule has 62 valence electrons. The molecule has 0 aromatic carbocycles. The highest BCUT2D eigenvalue weighted by Gasteiger charge is 1.98. The van der Waals surface area contributed by atoms with Gasteiger partial charge in [0.25, 0.3) is 0 Å². The highest BCUT2D eigenvalue weighted by Crippen LogP contribution is 2.06. The molecule has 1 aliphatic rings. The molecule has 0 aromatic rings. The van der Waals surface area contributed by atoms with E-state index in [-0.39, 0.29) is 0 Å². The first kappa shape index (κ1) is 8.38. The van der Waals surface area contributed by atoms with Gasteiger partial charge >= 0.3 is 0 Å². The van der Waals surface area contributed by atoms with E-state index in [1.807, 2.05) is 0 Å². The molecule has 0 amide bonds. The van der Waals surface area contributed by atoms with E-state index in [2.05, 4.69) is 43.3 Å². The highest BCUT2D eigenvalue weighted by molar-refractivity contribution is 4.98. The van der Waals surface area contributed by atoms with Crippen molar-refractivity contribution in [3.05, 3.63) is 24.6 Å². The molecular formula is C10H17N. The van der Waals surface area contributed by atoms with Crippen molar-refractivity contribution in [2.24, 2.45) is 5.92 Å². The summed E-state index contributed by atoms with van der Waals surface area (Å²) in [6.45, 7) is 5.64. The lowest BCUT2D eigenvalue weighted by molar-refractivity contribution is 0.542. The zero-order valence-electron chi connectivity index (χ0n) is 7.46. The summed E-state index contributed by atoms with van der Waals surface area (Å²) in [5.74, 6) is 0.776. The number of allylic oxidation sites excluding steroid dienone is 1. The van der Waals surface area contributed by atoms with E-state index >= 15 is 0 Å². The maximum Gasteiger partial charge on any atom is 0.0254 e. The van der Waals surface area contributed by atoms with Crippen molar-refractivity contribution in [2.45, 2.75) is 26.7 Å². The number of nitrogens with zero attached hydrogens (tertiary/aromatic N) is 1. The van der Waals surface area contributed by atoms with Gasteiger partial charge in [-0.1, -0.05) is 26.0 Å². The monoisotopic (exact) mass is 151 g/mol. The molecule has 11 heavy (non-hydrogen) atoms. The molecule has 0 atom stereocenters. The van der Waals surface area contributed by atoms with Gasteiger partial charge in [-0.15, -0.1) is 0 Å². The molecule has 0 fully saturated rings. The number of hydrogen-bond donors (Lipinski definition) is 0. The van der Waals surface area contributed by atoms with Crippen molar-refractivity contribution in [3.8, 4) is 0 Å². The predicted octanol–water partition coefficient (Wildman–Crippen LogP) is 2.77. The fraction of sp³-hybridized carbons (Fsp3) is 0.600. The fourth-order valence-corrected chi connectivity index (χ4v) is 1.10. The largest absolute Gasteiger partial charge is 0.355 e. The zero-order valence-corrected chi connectivity index (χ0v) is 7.46. The van der Waals surface area contributed by atoms with E-state index in [0.29, 0.717) is 0 Å². The molecular weight excluding hydrogens is 134 g/mol. The third-order valence-corrected chi connectivity index (χ3v) is 1.76. The Morgan fingerprint density at radius 1 is 1.55 bits per heavy atom. The summed E-state index contributed by atoms with van der Waals surface area (Å²) in [5.41, 5.74) is 0. The van der Waals surface area contributed by atoms with Gasteiger partial charge in [0.1, 0.15) is 0 Å². The van der Waals surface area contributed by atoms with E-state index in [9.17, 15) is 0 Å². The second-order valence-electron chi connectivity index (χ2n) is 3.43. The predicted molar refractivity (Wildman–Crippen MR) is 49.1 cm³/mol. The minimum absolute atomic E-state index is 0.776. The van der Waals surface area contributed by atoms with Crippen LogP contribution < -0.4 is 0 Å². The zero-order chi connectivity index (χ0) is 8.10. The topological polar surface area (TPSA) is 3.24 Å². The van der Waals surface area contributed by atoms with Gasteiger partial charge in [0.15, 0.2) is 0 Å². The first-order valence-corrected chi connectivity index (χ1v) is 4.38. The smallest absolute Gasteiger partial charge is 0.0254 e. The molecule has 1 nitrogen and oxygen atoms in total. The van der Waals surface area contributed by atoms with E-state index in [4.69, 9.17) is 0 Å². The maximum atomic E-state index is 2.25. The number of rotatable bonds is 3. The molecule has 0 saturated heterocycles. The Bertz CT molecular complexity index is 156. The summed E-state index contributed by atoms with van der Waals surface area (Å²) in [7, 11) is 0. The van der Waals surface area contributed by atoms with Crippen LogP contribution in [-0.2, 0) is 0 Å². The van der Waals surface area contributed by atoms with Crippen molar-refractivity contribution < 1.29 is 0 Å². The highest BCUT2D eigenvalue weighted by atomic mass is 15.1. The lowest BCUT2D eigenvalue weighted by Crippen LogP contribution is -2.04. The molecule has 1 aliphatic heterocycles. The van der Waals surface area contributed by atoms with Crippen LogP contribution in [0.1, 0.15) is 26.7 Å². The SMILES string of the molecule is CC(C)C/C=C/N1C=CCC1. The lowest BCUT2D eigenvalue weighted by Gasteiger charge is -2.07. The Hall–Kier alpha value is -0.720. The molecule has 0 N–H and O–H groups in total. The summed E-state index contributed by atoms with van der Waals surface area (Å²) in [4.78, 5) is 2.24. The van der Waals surface area contributed by atoms with Gasteiger partial charge in [0, 0.05) is 6.54 Å². The van der Waals surface area contributed by atoms with Gasteiger partial charge in [-0.25, -0.2) is 0 Å². The first-order valence-electron chi connectivity index (χ1n) is 4.38. The van der Waals surface area contributed by atoms with Crippen LogP contribution in [-0.4, -0.2) is 11.4 Å². The van der Waals surface area contributed by atoms with E-state index in [0.717, 1.165) is 12.5 Å². The lowest BCUT2D eigenvalue weighted by atomic mass is 10.1. The van der Waals surface area contributed by atoms with Gasteiger partial charge in [-0.2, -0.15) is 0 Å². The van der Waals surface area contributed by atoms with Crippen LogP contribution in [0.4, 0.5) is 0 Å². The summed E-state index contributed by atoms with van der Waals surface area (Å²) >= 11 is 0. The van der Waals surface area contributed by atoms with Crippen LogP contribution in [0.5, 0.6) is 0 Å². The standard InChI is InChI=1S/C10H17N/c1-10(2)6-5-9-11-7-3-4-8-11/h3,5,7,9-10H,4,6,8H2,1-2H3/b9-5+. The Kier molecular flexibility index (Phi) is 3.21. The van der Waals surface area contributed by atoms with Gasteiger partial charge in [-0.05, 0) is 31.2 Å². The maximum absolute atomic E-state index is 2.25. The summed E-state index contributed by atoms with van der Waals surface area (Å²) < 4.78 is 0. The molecule has 0 bridgehead atoms. The number of hydrogen-bond acceptors (Lipinski definition) is 1. The normalized spacial score (nSPS) is 17.5. The van der Waals surface area contributed by atoms with Crippen molar-refractivity contribution in [2.75, 3.05) is 6.54 Å². The summed E-state index contributed by atoms with van der Waals surface area (Å²) in [6.07, 6.45) is 11.2. The Morgan fingerprint density at radius 2 is 2.36 bits per heavy atom. The first-order chi connectivity index (χ1) is 5.29. The third kappa shape index (κ3) is 3.26. The second-order valence-corrected chi connectivity index (χ2v) is 3.43. The molecule has 0 unspecified atom stereocenters. The quantitative estimate of drug-likeness (QED) is 0.599. The van der Waals surface area contributed by atoms with Crippen LogP contribution in [0, 0.1) is 5.92 Å². The van der Waals surface area contributed by atoms with Gasteiger partial charge in [0.2, 0.25) is 0 Å². The molecule has 0 saturated carbocycles. The van der Waals surface area contributed by atoms with E-state index < -0.39 is 0 Å². The van der Waals surface area contributed by atoms with Crippen molar-refractivity contribution in [1.29, 1.82) is 0 Å². The average molecular weight is 151 g/mol. The second kappa shape index (κ2) is 4.22. The Balaban J connectivity index is 2.18. The molecule has 0 radical (unpaired) electrons. The van der Waals surface area contributed by atoms with Gasteiger partial charge in [-0.3, -0.25) is 0 Å². The van der Waals surface area contributed by atoms with Crippen molar-refractivity contribution in [3.63, 3.8) is 0 Å². The summed E-state index contributed by atoms with van der Waals surface area (Å²) in [5, 5.41) is 0. The van der Waals surface area contributed by atoms with Gasteiger partial charge < -0.3 is 4.90 Å². The Morgan fingerprint density at radius 3 is 2.91 bits per heavy atom. The van der Waals surface area contributed by atoms with Crippen LogP contribution in [0.2, 0.25) is 0 Å². The van der Waals surface area contributed by atoms with Crippen LogP contribution >= 0.6 is 0 Å². The van der Waals surface area contributed by atoms with Crippen LogP contribution in [0.25, 0.3) is 0 Å². The Labute approximate surface area is 69.4 Å². The van der Waals surface area contributed by atoms with E-state index in [1.165, 1.54) is 12.8 Å². The fourth-order valence-electron chi connectivity index (χ4n) is 1.10. The molecule has 1 heterocycles. The minimum atomic E-state index is 0.776. The van der Waals surface area contributed by atoms with E-state index in [1.54, 1.807) is 0 Å². The van der Waals surface area contributed by atoms with Crippen molar-refractivity contribution >= 4 is 0 Å². The minimum Gasteiger partial charge on any atom is -0.355 e. The summed E-state index contributed by atoms with van der Waals surface area (Å²) in [6, 6.07) is 0. The molecule has 0 aromatic heterocycles. The molecule has 1 heteroatoms. The molecule has 0 spiro atoms. The van der Waals surface area contributed by atoms with Crippen LogP contribution in [0.15, 0.2) is 24.6 Å². The third-order valence-electron chi connectivity index (χ3n) is 1.76.